The fraction of sp³-hybridized carbons (Fsp3) is 0.370. The maximum atomic E-state index is 4.82. The number of allylic oxidation sites excluding steroid dienone is 1. The Morgan fingerprint density at radius 1 is 1.00 bits per heavy atom. The fourth-order valence-corrected chi connectivity index (χ4v) is 3.46. The Kier molecular flexibility index (Phi) is 10.0. The molecule has 0 atom stereocenters. The van der Waals surface area contributed by atoms with E-state index < -0.39 is 0 Å². The third kappa shape index (κ3) is 6.62. The summed E-state index contributed by atoms with van der Waals surface area (Å²) < 4.78 is 1.89. The summed E-state index contributed by atoms with van der Waals surface area (Å²) in [6.45, 7) is 19.3. The minimum atomic E-state index is 0.895. The van der Waals surface area contributed by atoms with Gasteiger partial charge >= 0.3 is 0 Å². The molecule has 0 saturated heterocycles. The average molecular weight is 447 g/mol. The molecule has 0 radical (unpaired) electrons. The van der Waals surface area contributed by atoms with Gasteiger partial charge in [-0.3, -0.25) is 4.99 Å². The Labute approximate surface area is 198 Å². The second kappa shape index (κ2) is 12.7. The molecule has 6 nitrogen and oxygen atoms in total. The summed E-state index contributed by atoms with van der Waals surface area (Å²) in [7, 11) is 1.97. The summed E-state index contributed by atoms with van der Waals surface area (Å²) in [5, 5.41) is 11.1. The van der Waals surface area contributed by atoms with Crippen LogP contribution in [0.15, 0.2) is 65.8 Å². The zero-order chi connectivity index (χ0) is 24.4. The second-order valence-electron chi connectivity index (χ2n) is 8.10. The minimum absolute atomic E-state index is 0.895. The van der Waals surface area contributed by atoms with Crippen molar-refractivity contribution in [1.29, 1.82) is 0 Å². The number of nitrogens with one attached hydrogen (secondary N) is 2. The molecule has 33 heavy (non-hydrogen) atoms. The largest absolute Gasteiger partial charge is 0.370 e. The molecule has 0 unspecified atom stereocenters. The predicted octanol–water partition coefficient (Wildman–Crippen LogP) is 5.63. The van der Waals surface area contributed by atoms with Gasteiger partial charge in [-0.2, -0.15) is 9.61 Å². The van der Waals surface area contributed by atoms with E-state index in [1.807, 2.05) is 24.7 Å². The van der Waals surface area contributed by atoms with E-state index in [1.54, 1.807) is 0 Å². The van der Waals surface area contributed by atoms with Crippen LogP contribution in [0.1, 0.15) is 38.3 Å². The molecule has 176 valence electrons. The highest BCUT2D eigenvalue weighted by Crippen LogP contribution is 2.26. The number of fused-ring (bicyclic) bond motifs is 1. The lowest BCUT2D eigenvalue weighted by molar-refractivity contribution is 0.744. The van der Waals surface area contributed by atoms with Crippen LogP contribution in [-0.2, 0) is 0 Å². The topological polar surface area (TPSA) is 66.6 Å². The maximum absolute atomic E-state index is 4.82. The Hall–Kier alpha value is -3.25. The molecule has 1 aromatic carbocycles. The van der Waals surface area contributed by atoms with Crippen molar-refractivity contribution in [1.82, 2.24) is 19.9 Å². The SMILES string of the molecule is C=C.CC1=NCC(C)=C1C.CNCCCNc1cc(-c2ccccc2C)nc2c(C)cnn12. The molecule has 1 aliphatic rings. The molecule has 0 aliphatic carbocycles. The Balaban J connectivity index is 0.000000323. The van der Waals surface area contributed by atoms with E-state index in [4.69, 9.17) is 4.98 Å². The molecule has 2 aromatic heterocycles. The lowest BCUT2D eigenvalue weighted by Gasteiger charge is -2.12. The van der Waals surface area contributed by atoms with E-state index in [0.717, 1.165) is 54.3 Å². The van der Waals surface area contributed by atoms with E-state index in [1.165, 1.54) is 22.4 Å². The molecule has 2 N–H and O–H groups in total. The molecular weight excluding hydrogens is 408 g/mol. The monoisotopic (exact) mass is 446 g/mol. The summed E-state index contributed by atoms with van der Waals surface area (Å²) in [5.41, 5.74) is 9.36. The molecule has 0 saturated carbocycles. The normalized spacial score (nSPS) is 12.6. The van der Waals surface area contributed by atoms with Crippen LogP contribution in [0.25, 0.3) is 16.9 Å². The van der Waals surface area contributed by atoms with E-state index >= 15 is 0 Å². The van der Waals surface area contributed by atoms with Crippen molar-refractivity contribution in [3.63, 3.8) is 0 Å². The first-order valence-electron chi connectivity index (χ1n) is 11.4. The van der Waals surface area contributed by atoms with Crippen molar-refractivity contribution in [3.8, 4) is 11.3 Å². The molecule has 0 amide bonds. The van der Waals surface area contributed by atoms with Gasteiger partial charge in [0.25, 0.3) is 0 Å². The smallest absolute Gasteiger partial charge is 0.160 e. The van der Waals surface area contributed by atoms with Gasteiger partial charge in [-0.05, 0) is 71.3 Å². The summed E-state index contributed by atoms with van der Waals surface area (Å²) in [6, 6.07) is 10.4. The van der Waals surface area contributed by atoms with Crippen LogP contribution in [-0.4, -0.2) is 47.0 Å². The van der Waals surface area contributed by atoms with Gasteiger partial charge < -0.3 is 10.6 Å². The molecule has 3 heterocycles. The molecular formula is C27H38N6. The Morgan fingerprint density at radius 3 is 2.30 bits per heavy atom. The van der Waals surface area contributed by atoms with Crippen molar-refractivity contribution in [2.75, 3.05) is 32.0 Å². The van der Waals surface area contributed by atoms with E-state index in [2.05, 4.69) is 91.9 Å². The number of hydrogen-bond donors (Lipinski definition) is 2. The fourth-order valence-electron chi connectivity index (χ4n) is 3.46. The highest BCUT2D eigenvalue weighted by atomic mass is 15.3. The molecule has 0 spiro atoms. The first-order valence-corrected chi connectivity index (χ1v) is 11.4. The van der Waals surface area contributed by atoms with Gasteiger partial charge in [-0.15, -0.1) is 13.2 Å². The van der Waals surface area contributed by atoms with Crippen LogP contribution < -0.4 is 10.6 Å². The van der Waals surface area contributed by atoms with Crippen molar-refractivity contribution >= 4 is 17.2 Å². The number of rotatable bonds is 6. The summed E-state index contributed by atoms with van der Waals surface area (Å²) in [6.07, 6.45) is 2.92. The van der Waals surface area contributed by atoms with Gasteiger partial charge in [-0.1, -0.05) is 24.3 Å². The zero-order valence-corrected chi connectivity index (χ0v) is 21.0. The van der Waals surface area contributed by atoms with Crippen LogP contribution in [0.4, 0.5) is 5.82 Å². The first-order chi connectivity index (χ1) is 15.9. The van der Waals surface area contributed by atoms with Crippen LogP contribution in [0.5, 0.6) is 0 Å². The van der Waals surface area contributed by atoms with Crippen molar-refractivity contribution in [3.05, 3.63) is 72.0 Å². The third-order valence-electron chi connectivity index (χ3n) is 5.72. The zero-order valence-electron chi connectivity index (χ0n) is 21.0. The van der Waals surface area contributed by atoms with Gasteiger partial charge in [0.05, 0.1) is 18.4 Å². The van der Waals surface area contributed by atoms with Crippen molar-refractivity contribution < 1.29 is 0 Å². The van der Waals surface area contributed by atoms with Crippen LogP contribution >= 0.6 is 0 Å². The average Bonchev–Trinajstić information content (AvgIpc) is 3.35. The van der Waals surface area contributed by atoms with Gasteiger partial charge in [0, 0.05) is 29.4 Å². The van der Waals surface area contributed by atoms with Gasteiger partial charge in [0.1, 0.15) is 5.82 Å². The minimum Gasteiger partial charge on any atom is -0.370 e. The van der Waals surface area contributed by atoms with Gasteiger partial charge in [0.15, 0.2) is 5.65 Å². The van der Waals surface area contributed by atoms with E-state index in [9.17, 15) is 0 Å². The van der Waals surface area contributed by atoms with Crippen molar-refractivity contribution in [2.24, 2.45) is 4.99 Å². The number of aryl methyl sites for hydroxylation is 2. The lowest BCUT2D eigenvalue weighted by atomic mass is 10.1. The standard InChI is InChI=1S/C18H23N5.C7H11N.C2H4/c1-13-7-4-5-8-15(13)16-11-17(20-10-6-9-19-3)23-18(22-16)14(2)12-21-23;1-5-4-8-7(3)6(5)2;1-2/h4-5,7-8,11-12,19-20H,6,9-10H2,1-3H3;4H2,1-3H3;1-2H2. The quantitative estimate of drug-likeness (QED) is 0.380. The molecule has 3 aromatic rings. The van der Waals surface area contributed by atoms with Crippen LogP contribution in [0.2, 0.25) is 0 Å². The molecule has 6 heteroatoms. The lowest BCUT2D eigenvalue weighted by Crippen LogP contribution is -2.14. The number of aromatic nitrogens is 3. The first kappa shape index (κ1) is 26.0. The summed E-state index contributed by atoms with van der Waals surface area (Å²) >= 11 is 0. The molecule has 0 bridgehead atoms. The summed E-state index contributed by atoms with van der Waals surface area (Å²) in [4.78, 5) is 9.06. The number of aliphatic imine (C=N–C) groups is 1. The number of hydrogen-bond acceptors (Lipinski definition) is 5. The van der Waals surface area contributed by atoms with Crippen LogP contribution in [0.3, 0.4) is 0 Å². The van der Waals surface area contributed by atoms with Crippen molar-refractivity contribution in [2.45, 2.75) is 41.0 Å². The molecule has 4 rings (SSSR count). The highest BCUT2D eigenvalue weighted by molar-refractivity contribution is 6.00. The number of nitrogens with zero attached hydrogens (tertiary/aromatic N) is 4. The van der Waals surface area contributed by atoms with E-state index in [-0.39, 0.29) is 0 Å². The van der Waals surface area contributed by atoms with Gasteiger partial charge in [0.2, 0.25) is 0 Å². The third-order valence-corrected chi connectivity index (χ3v) is 5.72. The van der Waals surface area contributed by atoms with Gasteiger partial charge in [-0.25, -0.2) is 4.98 Å². The predicted molar refractivity (Wildman–Crippen MR) is 143 cm³/mol. The van der Waals surface area contributed by atoms with E-state index in [0.29, 0.717) is 0 Å². The Bertz CT molecular complexity index is 1120. The molecule has 0 fully saturated rings. The van der Waals surface area contributed by atoms with Crippen LogP contribution in [0, 0.1) is 13.8 Å². The highest BCUT2D eigenvalue weighted by Gasteiger charge is 2.11. The number of anilines is 1. The number of benzene rings is 1. The maximum Gasteiger partial charge on any atom is 0.160 e. The Morgan fingerprint density at radius 2 is 1.73 bits per heavy atom. The summed E-state index contributed by atoms with van der Waals surface area (Å²) in [5.74, 6) is 0.984. The molecule has 1 aliphatic heterocycles. The second-order valence-corrected chi connectivity index (χ2v) is 8.10.